The molecule has 2 rings (SSSR count). The summed E-state index contributed by atoms with van der Waals surface area (Å²) >= 11 is 0. The van der Waals surface area contributed by atoms with Crippen molar-refractivity contribution in [3.05, 3.63) is 30.7 Å². The Hall–Kier alpha value is -1.95. The first-order valence-electron chi connectivity index (χ1n) is 8.13. The number of nitrogens with zero attached hydrogens (tertiary/aromatic N) is 4. The molecule has 1 aliphatic heterocycles. The minimum Gasteiger partial charge on any atom is -0.473 e. The van der Waals surface area contributed by atoms with Crippen molar-refractivity contribution in [1.29, 1.82) is 0 Å². The molecule has 1 atom stereocenters. The molecule has 0 radical (unpaired) electrons. The molecule has 0 spiro atoms. The van der Waals surface area contributed by atoms with Crippen molar-refractivity contribution in [2.24, 2.45) is 0 Å². The Bertz CT molecular complexity index is 527. The SMILES string of the molecule is C=CCC[C@H](CN1CCN(C(C)=O)CC1)Oc1ccnc(C)n1. The van der Waals surface area contributed by atoms with Gasteiger partial charge in [0, 0.05) is 51.9 Å². The second kappa shape index (κ2) is 8.62. The zero-order chi connectivity index (χ0) is 16.7. The highest BCUT2D eigenvalue weighted by atomic mass is 16.5. The first-order chi connectivity index (χ1) is 11.1. The fraction of sp³-hybridized carbons (Fsp3) is 0.588. The van der Waals surface area contributed by atoms with Gasteiger partial charge in [-0.2, -0.15) is 4.98 Å². The molecular weight excluding hydrogens is 292 g/mol. The van der Waals surface area contributed by atoms with Crippen LogP contribution in [0.2, 0.25) is 0 Å². The zero-order valence-corrected chi connectivity index (χ0v) is 14.1. The molecule has 0 bridgehead atoms. The topological polar surface area (TPSA) is 58.6 Å². The van der Waals surface area contributed by atoms with Crippen molar-refractivity contribution in [1.82, 2.24) is 19.8 Å². The Morgan fingerprint density at radius 1 is 1.43 bits per heavy atom. The van der Waals surface area contributed by atoms with Crippen molar-refractivity contribution in [2.45, 2.75) is 32.8 Å². The van der Waals surface area contributed by atoms with Gasteiger partial charge >= 0.3 is 0 Å². The van der Waals surface area contributed by atoms with Gasteiger partial charge in [0.25, 0.3) is 0 Å². The molecule has 23 heavy (non-hydrogen) atoms. The molecule has 0 unspecified atom stereocenters. The molecule has 1 fully saturated rings. The maximum Gasteiger partial charge on any atom is 0.219 e. The maximum atomic E-state index is 11.4. The lowest BCUT2D eigenvalue weighted by Crippen LogP contribution is -2.50. The van der Waals surface area contributed by atoms with Crippen LogP contribution in [0.25, 0.3) is 0 Å². The first kappa shape index (κ1) is 17.4. The highest BCUT2D eigenvalue weighted by molar-refractivity contribution is 5.73. The lowest BCUT2D eigenvalue weighted by atomic mass is 10.1. The van der Waals surface area contributed by atoms with Crippen LogP contribution in [0, 0.1) is 6.92 Å². The highest BCUT2D eigenvalue weighted by Crippen LogP contribution is 2.13. The van der Waals surface area contributed by atoms with Crippen LogP contribution < -0.4 is 4.74 Å². The second-order valence-electron chi connectivity index (χ2n) is 5.85. The Labute approximate surface area is 138 Å². The summed E-state index contributed by atoms with van der Waals surface area (Å²) in [5.74, 6) is 1.48. The van der Waals surface area contributed by atoms with Crippen LogP contribution in [0.5, 0.6) is 5.88 Å². The number of rotatable bonds is 7. The summed E-state index contributed by atoms with van der Waals surface area (Å²) in [6.45, 7) is 11.5. The van der Waals surface area contributed by atoms with Crippen LogP contribution in [0.4, 0.5) is 0 Å². The maximum absolute atomic E-state index is 11.4. The van der Waals surface area contributed by atoms with Crippen LogP contribution in [0.15, 0.2) is 24.9 Å². The minimum absolute atomic E-state index is 0.0613. The Kier molecular flexibility index (Phi) is 6.52. The van der Waals surface area contributed by atoms with Crippen LogP contribution >= 0.6 is 0 Å². The van der Waals surface area contributed by atoms with Gasteiger partial charge in [-0.25, -0.2) is 4.98 Å². The largest absolute Gasteiger partial charge is 0.473 e. The van der Waals surface area contributed by atoms with Gasteiger partial charge in [0.2, 0.25) is 11.8 Å². The lowest BCUT2D eigenvalue weighted by molar-refractivity contribution is -0.130. The molecule has 0 aliphatic carbocycles. The van der Waals surface area contributed by atoms with E-state index >= 15 is 0 Å². The van der Waals surface area contributed by atoms with Crippen molar-refractivity contribution in [3.63, 3.8) is 0 Å². The number of ether oxygens (including phenoxy) is 1. The number of carbonyl (C=O) groups is 1. The van der Waals surface area contributed by atoms with E-state index in [0.717, 1.165) is 45.6 Å². The summed E-state index contributed by atoms with van der Waals surface area (Å²) in [6, 6.07) is 1.79. The third kappa shape index (κ3) is 5.63. The van der Waals surface area contributed by atoms with E-state index in [2.05, 4.69) is 21.4 Å². The summed E-state index contributed by atoms with van der Waals surface area (Å²) in [5, 5.41) is 0. The standard InChI is InChI=1S/C17H26N4O2/c1-4-5-6-16(23-17-7-8-18-14(2)19-17)13-20-9-11-21(12-10-20)15(3)22/h4,7-8,16H,1,5-6,9-13H2,2-3H3/t16-/m1/s1. The van der Waals surface area contributed by atoms with Gasteiger partial charge in [-0.15, -0.1) is 6.58 Å². The summed E-state index contributed by atoms with van der Waals surface area (Å²) < 4.78 is 6.05. The van der Waals surface area contributed by atoms with Gasteiger partial charge in [0.05, 0.1) is 0 Å². The summed E-state index contributed by atoms with van der Waals surface area (Å²) in [5.41, 5.74) is 0. The Balaban J connectivity index is 1.91. The molecule has 1 aromatic heterocycles. The smallest absolute Gasteiger partial charge is 0.219 e. The van der Waals surface area contributed by atoms with E-state index in [1.54, 1.807) is 19.2 Å². The normalized spacial score (nSPS) is 16.9. The van der Waals surface area contributed by atoms with E-state index in [1.165, 1.54) is 0 Å². The molecule has 6 nitrogen and oxygen atoms in total. The number of hydrogen-bond acceptors (Lipinski definition) is 5. The summed E-state index contributed by atoms with van der Waals surface area (Å²) in [4.78, 5) is 24.1. The third-order valence-corrected chi connectivity index (χ3v) is 4.01. The van der Waals surface area contributed by atoms with Gasteiger partial charge in [-0.3, -0.25) is 9.69 Å². The number of piperazine rings is 1. The van der Waals surface area contributed by atoms with Crippen LogP contribution in [0.1, 0.15) is 25.6 Å². The fourth-order valence-electron chi connectivity index (χ4n) is 2.70. The molecule has 2 heterocycles. The van der Waals surface area contributed by atoms with Crippen LogP contribution in [0.3, 0.4) is 0 Å². The van der Waals surface area contributed by atoms with E-state index in [0.29, 0.717) is 11.7 Å². The molecule has 1 aromatic rings. The molecule has 1 aliphatic rings. The monoisotopic (exact) mass is 318 g/mol. The molecule has 126 valence electrons. The van der Waals surface area contributed by atoms with Crippen molar-refractivity contribution < 1.29 is 9.53 Å². The number of amides is 1. The van der Waals surface area contributed by atoms with Crippen LogP contribution in [-0.4, -0.2) is 64.5 Å². The van der Waals surface area contributed by atoms with Crippen molar-refractivity contribution >= 4 is 5.91 Å². The average molecular weight is 318 g/mol. The van der Waals surface area contributed by atoms with Gasteiger partial charge in [0.1, 0.15) is 11.9 Å². The highest BCUT2D eigenvalue weighted by Gasteiger charge is 2.22. The van der Waals surface area contributed by atoms with Gasteiger partial charge in [0.15, 0.2) is 0 Å². The second-order valence-corrected chi connectivity index (χ2v) is 5.85. The molecule has 1 saturated heterocycles. The lowest BCUT2D eigenvalue weighted by Gasteiger charge is -2.35. The van der Waals surface area contributed by atoms with Crippen molar-refractivity contribution in [3.8, 4) is 5.88 Å². The third-order valence-electron chi connectivity index (χ3n) is 4.01. The molecule has 1 amide bonds. The number of aromatic nitrogens is 2. The molecule has 0 saturated carbocycles. The quantitative estimate of drug-likeness (QED) is 0.716. The number of allylic oxidation sites excluding steroid dienone is 1. The first-order valence-corrected chi connectivity index (χ1v) is 8.13. The van der Waals surface area contributed by atoms with E-state index in [-0.39, 0.29) is 12.0 Å². The van der Waals surface area contributed by atoms with Crippen molar-refractivity contribution in [2.75, 3.05) is 32.7 Å². The average Bonchev–Trinajstić information content (AvgIpc) is 2.53. The number of aryl methyl sites for hydroxylation is 1. The molecule has 0 aromatic carbocycles. The Morgan fingerprint density at radius 3 is 2.78 bits per heavy atom. The molecule has 6 heteroatoms. The zero-order valence-electron chi connectivity index (χ0n) is 14.1. The number of carbonyl (C=O) groups excluding carboxylic acids is 1. The molecule has 0 N–H and O–H groups in total. The van der Waals surface area contributed by atoms with E-state index in [1.807, 2.05) is 17.9 Å². The van der Waals surface area contributed by atoms with Gasteiger partial charge in [-0.05, 0) is 19.8 Å². The van der Waals surface area contributed by atoms with E-state index in [9.17, 15) is 4.79 Å². The van der Waals surface area contributed by atoms with Crippen LogP contribution in [-0.2, 0) is 4.79 Å². The summed E-state index contributed by atoms with van der Waals surface area (Å²) in [7, 11) is 0. The van der Waals surface area contributed by atoms with Gasteiger partial charge < -0.3 is 9.64 Å². The number of hydrogen-bond donors (Lipinski definition) is 0. The fourth-order valence-corrected chi connectivity index (χ4v) is 2.70. The molecular formula is C17H26N4O2. The Morgan fingerprint density at radius 2 is 2.17 bits per heavy atom. The summed E-state index contributed by atoms with van der Waals surface area (Å²) in [6.07, 6.45) is 5.50. The van der Waals surface area contributed by atoms with Gasteiger partial charge in [-0.1, -0.05) is 6.08 Å². The minimum atomic E-state index is 0.0613. The predicted molar refractivity (Wildman–Crippen MR) is 89.3 cm³/mol. The van der Waals surface area contributed by atoms with E-state index < -0.39 is 0 Å². The predicted octanol–water partition coefficient (Wildman–Crippen LogP) is 1.66. The van der Waals surface area contributed by atoms with E-state index in [4.69, 9.17) is 4.74 Å².